The highest BCUT2D eigenvalue weighted by Gasteiger charge is 2.17. The number of nitrogens with zero attached hydrogens (tertiary/aromatic N) is 1. The van der Waals surface area contributed by atoms with Crippen molar-refractivity contribution in [3.8, 4) is 0 Å². The molecule has 3 rings (SSSR count). The van der Waals surface area contributed by atoms with Gasteiger partial charge < -0.3 is 10.3 Å². The molecule has 1 heterocycles. The van der Waals surface area contributed by atoms with E-state index in [2.05, 4.69) is 15.3 Å². The smallest absolute Gasteiger partial charge is 0.287 e. The third kappa shape index (κ3) is 3.14. The number of carbonyl (C=O) groups is 1. The van der Waals surface area contributed by atoms with E-state index >= 15 is 0 Å². The molecular weight excluding hydrogens is 333 g/mol. The Bertz CT molecular complexity index is 987. The highest BCUT2D eigenvalue weighted by atomic mass is 35.5. The van der Waals surface area contributed by atoms with Crippen molar-refractivity contribution in [3.05, 3.63) is 75.0 Å². The lowest BCUT2D eigenvalue weighted by atomic mass is 10.1. The molecule has 0 fully saturated rings. The van der Waals surface area contributed by atoms with E-state index in [4.69, 9.17) is 11.6 Å². The van der Waals surface area contributed by atoms with Crippen molar-refractivity contribution in [2.75, 3.05) is 0 Å². The number of H-pyrrole nitrogens is 1. The molecule has 5 nitrogen and oxygen atoms in total. The maximum absolute atomic E-state index is 13.1. The van der Waals surface area contributed by atoms with Crippen LogP contribution in [0.2, 0.25) is 5.02 Å². The molecule has 3 aromatic rings. The van der Waals surface area contributed by atoms with Crippen molar-refractivity contribution in [1.82, 2.24) is 15.3 Å². The zero-order chi connectivity index (χ0) is 17.3. The number of halogens is 2. The van der Waals surface area contributed by atoms with Gasteiger partial charge in [0.15, 0.2) is 5.82 Å². The van der Waals surface area contributed by atoms with Crippen LogP contribution in [0.25, 0.3) is 10.9 Å². The number of rotatable bonds is 3. The lowest BCUT2D eigenvalue weighted by Gasteiger charge is -2.15. The van der Waals surface area contributed by atoms with Crippen LogP contribution in [0, 0.1) is 5.82 Å². The molecule has 24 heavy (non-hydrogen) atoms. The molecule has 0 saturated heterocycles. The first-order valence-corrected chi connectivity index (χ1v) is 7.58. The maximum Gasteiger partial charge on any atom is 0.287 e. The predicted molar refractivity (Wildman–Crippen MR) is 89.7 cm³/mol. The Morgan fingerprint density at radius 3 is 2.79 bits per heavy atom. The van der Waals surface area contributed by atoms with E-state index in [1.54, 1.807) is 31.2 Å². The molecule has 0 bridgehead atoms. The third-order valence-corrected chi connectivity index (χ3v) is 3.93. The van der Waals surface area contributed by atoms with Crippen LogP contribution < -0.4 is 10.9 Å². The number of aromatic nitrogens is 2. The molecule has 0 aliphatic heterocycles. The van der Waals surface area contributed by atoms with E-state index in [1.165, 1.54) is 18.2 Å². The van der Waals surface area contributed by atoms with E-state index in [0.717, 1.165) is 0 Å². The van der Waals surface area contributed by atoms with Crippen LogP contribution in [0.15, 0.2) is 47.3 Å². The van der Waals surface area contributed by atoms with Crippen LogP contribution >= 0.6 is 11.6 Å². The van der Waals surface area contributed by atoms with Gasteiger partial charge in [-0.25, -0.2) is 9.37 Å². The second kappa shape index (κ2) is 6.41. The van der Waals surface area contributed by atoms with E-state index in [0.29, 0.717) is 16.5 Å². The van der Waals surface area contributed by atoms with Gasteiger partial charge in [0.25, 0.3) is 11.5 Å². The quantitative estimate of drug-likeness (QED) is 0.765. The minimum Gasteiger partial charge on any atom is -0.343 e. The number of aromatic amines is 1. The number of benzene rings is 2. The van der Waals surface area contributed by atoms with E-state index < -0.39 is 23.3 Å². The molecule has 0 spiro atoms. The summed E-state index contributed by atoms with van der Waals surface area (Å²) >= 11 is 5.99. The Kier molecular flexibility index (Phi) is 4.31. The summed E-state index contributed by atoms with van der Waals surface area (Å²) < 4.78 is 13.1. The maximum atomic E-state index is 13.1. The van der Waals surface area contributed by atoms with Gasteiger partial charge in [0.05, 0.1) is 16.9 Å². The van der Waals surface area contributed by atoms with Crippen molar-refractivity contribution in [2.45, 2.75) is 13.0 Å². The highest BCUT2D eigenvalue weighted by Crippen LogP contribution is 2.23. The Labute approximate surface area is 141 Å². The van der Waals surface area contributed by atoms with Gasteiger partial charge >= 0.3 is 0 Å². The molecule has 0 aliphatic rings. The van der Waals surface area contributed by atoms with Crippen molar-refractivity contribution in [1.29, 1.82) is 0 Å². The third-order valence-electron chi connectivity index (χ3n) is 3.60. The van der Waals surface area contributed by atoms with E-state index in [1.807, 2.05) is 0 Å². The lowest BCUT2D eigenvalue weighted by molar-refractivity contribution is 0.0929. The van der Waals surface area contributed by atoms with Crippen molar-refractivity contribution >= 4 is 28.4 Å². The van der Waals surface area contributed by atoms with Gasteiger partial charge in [-0.1, -0.05) is 29.8 Å². The first kappa shape index (κ1) is 16.1. The number of hydrogen-bond acceptors (Lipinski definition) is 3. The number of amides is 1. The van der Waals surface area contributed by atoms with Crippen molar-refractivity contribution in [2.24, 2.45) is 0 Å². The summed E-state index contributed by atoms with van der Waals surface area (Å²) in [6.45, 7) is 1.70. The molecule has 122 valence electrons. The molecule has 2 aromatic carbocycles. The highest BCUT2D eigenvalue weighted by molar-refractivity contribution is 6.31. The average Bonchev–Trinajstić information content (AvgIpc) is 2.54. The number of hydrogen-bond donors (Lipinski definition) is 2. The van der Waals surface area contributed by atoms with Crippen LogP contribution in [0.3, 0.4) is 0 Å². The molecule has 7 heteroatoms. The summed E-state index contributed by atoms with van der Waals surface area (Å²) in [6.07, 6.45) is 0. The number of para-hydroxylation sites is 1. The lowest BCUT2D eigenvalue weighted by Crippen LogP contribution is -2.30. The van der Waals surface area contributed by atoms with Crippen LogP contribution in [0.5, 0.6) is 0 Å². The molecule has 0 saturated carbocycles. The second-order valence-corrected chi connectivity index (χ2v) is 5.70. The van der Waals surface area contributed by atoms with Crippen LogP contribution in [-0.2, 0) is 0 Å². The summed E-state index contributed by atoms with van der Waals surface area (Å²) in [5.74, 6) is -1.10. The minimum absolute atomic E-state index is 0.0937. The van der Waals surface area contributed by atoms with Crippen LogP contribution in [0.1, 0.15) is 29.1 Å². The van der Waals surface area contributed by atoms with E-state index in [9.17, 15) is 14.0 Å². The molecule has 0 aliphatic carbocycles. The first-order valence-electron chi connectivity index (χ1n) is 7.20. The summed E-state index contributed by atoms with van der Waals surface area (Å²) in [6, 6.07) is 10.2. The summed E-state index contributed by atoms with van der Waals surface area (Å²) in [5, 5.41) is 3.30. The van der Waals surface area contributed by atoms with Gasteiger partial charge in [-0.3, -0.25) is 9.59 Å². The number of fused-ring (bicyclic) bond motifs is 1. The van der Waals surface area contributed by atoms with Gasteiger partial charge in [0.2, 0.25) is 0 Å². The fourth-order valence-electron chi connectivity index (χ4n) is 2.39. The van der Waals surface area contributed by atoms with Crippen LogP contribution in [0.4, 0.5) is 4.39 Å². The van der Waals surface area contributed by atoms with E-state index in [-0.39, 0.29) is 10.8 Å². The van der Waals surface area contributed by atoms with Crippen LogP contribution in [-0.4, -0.2) is 15.9 Å². The Balaban J connectivity index is 1.88. The monoisotopic (exact) mass is 345 g/mol. The van der Waals surface area contributed by atoms with Gasteiger partial charge in [-0.2, -0.15) is 0 Å². The fourth-order valence-corrected chi connectivity index (χ4v) is 2.72. The van der Waals surface area contributed by atoms with Gasteiger partial charge in [-0.15, -0.1) is 0 Å². The zero-order valence-electron chi connectivity index (χ0n) is 12.6. The molecule has 1 aromatic heterocycles. The largest absolute Gasteiger partial charge is 0.343 e. The fraction of sp³-hybridized carbons (Fsp3) is 0.118. The zero-order valence-corrected chi connectivity index (χ0v) is 13.4. The number of nitrogens with one attached hydrogen (secondary N) is 2. The topological polar surface area (TPSA) is 74.8 Å². The predicted octanol–water partition coefficient (Wildman–Crippen LogP) is 3.21. The van der Waals surface area contributed by atoms with Gasteiger partial charge in [0, 0.05) is 5.02 Å². The molecule has 1 atom stereocenters. The molecular formula is C17H13ClFN3O2. The standard InChI is InChI=1S/C17H13ClFN3O2/c1-9(11-7-6-10(19)8-13(11)18)20-17(24)15-21-14-5-3-2-4-12(14)16(23)22-15/h2-9H,1H3,(H,20,24)(H,21,22,23). The Morgan fingerprint density at radius 1 is 1.29 bits per heavy atom. The Hall–Kier alpha value is -2.73. The summed E-state index contributed by atoms with van der Waals surface area (Å²) in [5.41, 5.74) is 0.603. The molecule has 2 N–H and O–H groups in total. The van der Waals surface area contributed by atoms with Gasteiger partial charge in [-0.05, 0) is 36.8 Å². The number of carbonyl (C=O) groups excluding carboxylic acids is 1. The van der Waals surface area contributed by atoms with Crippen molar-refractivity contribution < 1.29 is 9.18 Å². The summed E-state index contributed by atoms with van der Waals surface area (Å²) in [7, 11) is 0. The van der Waals surface area contributed by atoms with Gasteiger partial charge in [0.1, 0.15) is 5.82 Å². The minimum atomic E-state index is -0.550. The second-order valence-electron chi connectivity index (χ2n) is 5.29. The molecule has 0 radical (unpaired) electrons. The molecule has 1 amide bonds. The normalized spacial score (nSPS) is 12.1. The Morgan fingerprint density at radius 2 is 2.04 bits per heavy atom. The average molecular weight is 346 g/mol. The van der Waals surface area contributed by atoms with Crippen molar-refractivity contribution in [3.63, 3.8) is 0 Å². The SMILES string of the molecule is CC(NC(=O)c1nc2ccccc2c(=O)[nH]1)c1ccc(F)cc1Cl. The summed E-state index contributed by atoms with van der Waals surface area (Å²) in [4.78, 5) is 31.0. The molecule has 1 unspecified atom stereocenters. The first-order chi connectivity index (χ1) is 11.5.